The fourth-order valence-electron chi connectivity index (χ4n) is 3.10. The fraction of sp³-hybridized carbons (Fsp3) is 0.444. The molecule has 0 saturated carbocycles. The van der Waals surface area contributed by atoms with Crippen molar-refractivity contribution in [3.63, 3.8) is 0 Å². The number of nitrogens with one attached hydrogen (secondary N) is 1. The van der Waals surface area contributed by atoms with E-state index >= 15 is 0 Å². The third kappa shape index (κ3) is 3.48. The average Bonchev–Trinajstić information content (AvgIpc) is 2.77. The Labute approximate surface area is 140 Å². The maximum atomic E-state index is 13.2. The lowest BCUT2D eigenvalue weighted by molar-refractivity contribution is 0.0930. The molecule has 1 aromatic heterocycles. The van der Waals surface area contributed by atoms with Crippen molar-refractivity contribution in [3.8, 4) is 5.69 Å². The van der Waals surface area contributed by atoms with Crippen LogP contribution in [0.25, 0.3) is 5.69 Å². The summed E-state index contributed by atoms with van der Waals surface area (Å²) in [6.45, 7) is 0.917. The molecular weight excluding hydrogens is 309 g/mol. The van der Waals surface area contributed by atoms with Gasteiger partial charge in [-0.2, -0.15) is 5.10 Å². The topological polar surface area (TPSA) is 56.1 Å². The third-order valence-electron chi connectivity index (χ3n) is 4.31. The van der Waals surface area contributed by atoms with Crippen LogP contribution in [0.2, 0.25) is 0 Å². The Hall–Kier alpha value is -2.21. The number of halogens is 1. The van der Waals surface area contributed by atoms with Crippen LogP contribution in [0, 0.1) is 5.82 Å². The summed E-state index contributed by atoms with van der Waals surface area (Å²) in [7, 11) is 1.60. The molecule has 0 aliphatic heterocycles. The van der Waals surface area contributed by atoms with Gasteiger partial charge in [-0.3, -0.25) is 4.79 Å². The Morgan fingerprint density at radius 3 is 2.75 bits per heavy atom. The van der Waals surface area contributed by atoms with E-state index in [2.05, 4.69) is 10.4 Å². The molecule has 0 saturated heterocycles. The lowest BCUT2D eigenvalue weighted by Crippen LogP contribution is -2.28. The summed E-state index contributed by atoms with van der Waals surface area (Å²) in [6, 6.07) is 6.22. The number of amides is 1. The highest BCUT2D eigenvalue weighted by Gasteiger charge is 2.24. The zero-order valence-electron chi connectivity index (χ0n) is 13.8. The third-order valence-corrected chi connectivity index (χ3v) is 4.31. The summed E-state index contributed by atoms with van der Waals surface area (Å²) >= 11 is 0. The first-order chi connectivity index (χ1) is 11.7. The van der Waals surface area contributed by atoms with Crippen LogP contribution in [0.5, 0.6) is 0 Å². The van der Waals surface area contributed by atoms with Crippen LogP contribution in [0.15, 0.2) is 24.3 Å². The monoisotopic (exact) mass is 331 g/mol. The highest BCUT2D eigenvalue weighted by molar-refractivity contribution is 5.94. The van der Waals surface area contributed by atoms with E-state index in [0.717, 1.165) is 49.0 Å². The summed E-state index contributed by atoms with van der Waals surface area (Å²) in [4.78, 5) is 12.5. The zero-order valence-corrected chi connectivity index (χ0v) is 13.8. The van der Waals surface area contributed by atoms with Crippen molar-refractivity contribution in [2.45, 2.75) is 32.1 Å². The first-order valence-electron chi connectivity index (χ1n) is 8.34. The van der Waals surface area contributed by atoms with Gasteiger partial charge in [-0.15, -0.1) is 0 Å². The summed E-state index contributed by atoms with van der Waals surface area (Å²) in [5.74, 6) is -0.458. The first kappa shape index (κ1) is 16.6. The number of nitrogens with zero attached hydrogens (tertiary/aromatic N) is 2. The Kier molecular flexibility index (Phi) is 5.25. The molecule has 0 unspecified atom stereocenters. The number of carbonyl (C=O) groups is 1. The van der Waals surface area contributed by atoms with Crippen LogP contribution in [0.3, 0.4) is 0 Å². The van der Waals surface area contributed by atoms with Crippen molar-refractivity contribution in [1.82, 2.24) is 15.1 Å². The van der Waals surface area contributed by atoms with E-state index in [0.29, 0.717) is 18.8 Å². The number of fused-ring (bicyclic) bond motifs is 1. The van der Waals surface area contributed by atoms with Crippen molar-refractivity contribution in [3.05, 3.63) is 47.0 Å². The number of methoxy groups -OCH3 is 1. The summed E-state index contributed by atoms with van der Waals surface area (Å²) in [6.07, 6.45) is 5.00. The second-order valence-electron chi connectivity index (χ2n) is 5.97. The molecule has 1 N–H and O–H groups in total. The molecule has 5 nitrogen and oxygen atoms in total. The molecular formula is C18H22FN3O2. The van der Waals surface area contributed by atoms with Gasteiger partial charge in [-0.25, -0.2) is 9.07 Å². The van der Waals surface area contributed by atoms with Crippen LogP contribution in [-0.2, 0) is 17.6 Å². The lowest BCUT2D eigenvalue weighted by atomic mass is 10.1. The minimum atomic E-state index is -0.283. The van der Waals surface area contributed by atoms with E-state index in [4.69, 9.17) is 4.74 Å². The molecule has 0 spiro atoms. The second-order valence-corrected chi connectivity index (χ2v) is 5.97. The van der Waals surface area contributed by atoms with Gasteiger partial charge in [0.05, 0.1) is 12.3 Å². The molecule has 3 rings (SSSR count). The van der Waals surface area contributed by atoms with Gasteiger partial charge in [-0.05, 0) is 49.9 Å². The van der Waals surface area contributed by atoms with E-state index in [1.807, 2.05) is 0 Å². The maximum Gasteiger partial charge on any atom is 0.272 e. The van der Waals surface area contributed by atoms with Gasteiger partial charge < -0.3 is 10.1 Å². The zero-order chi connectivity index (χ0) is 16.9. The summed E-state index contributed by atoms with van der Waals surface area (Å²) in [5, 5.41) is 7.40. The van der Waals surface area contributed by atoms with Crippen LogP contribution >= 0.6 is 0 Å². The Bertz CT molecular complexity index is 710. The van der Waals surface area contributed by atoms with Gasteiger partial charge in [0.1, 0.15) is 5.82 Å². The number of hydrogen-bond donors (Lipinski definition) is 1. The van der Waals surface area contributed by atoms with E-state index in [9.17, 15) is 9.18 Å². The molecule has 0 bridgehead atoms. The minimum Gasteiger partial charge on any atom is -0.383 e. The maximum absolute atomic E-state index is 13.2. The van der Waals surface area contributed by atoms with Crippen molar-refractivity contribution >= 4 is 5.91 Å². The standard InChI is InChI=1S/C18H22FN3O2/c1-24-12-11-20-18(23)17-15-5-3-2-4-6-16(15)22(21-17)14-9-7-13(19)8-10-14/h7-10H,2-6,11-12H2,1H3,(H,20,23). The predicted octanol–water partition coefficient (Wildman–Crippen LogP) is 2.66. The molecule has 0 fully saturated rings. The van der Waals surface area contributed by atoms with E-state index in [-0.39, 0.29) is 11.7 Å². The van der Waals surface area contributed by atoms with Gasteiger partial charge in [0.25, 0.3) is 5.91 Å². The summed E-state index contributed by atoms with van der Waals surface area (Å²) < 4.78 is 20.0. The molecule has 6 heteroatoms. The van der Waals surface area contributed by atoms with Gasteiger partial charge in [0, 0.05) is 24.9 Å². The number of hydrogen-bond acceptors (Lipinski definition) is 3. The van der Waals surface area contributed by atoms with Crippen LogP contribution in [0.1, 0.15) is 41.0 Å². The second kappa shape index (κ2) is 7.57. The largest absolute Gasteiger partial charge is 0.383 e. The normalized spacial score (nSPS) is 14.1. The van der Waals surface area contributed by atoms with Gasteiger partial charge in [0.2, 0.25) is 0 Å². The SMILES string of the molecule is COCCNC(=O)c1nn(-c2ccc(F)cc2)c2c1CCCCC2. The Balaban J connectivity index is 1.97. The van der Waals surface area contributed by atoms with E-state index in [1.165, 1.54) is 12.1 Å². The highest BCUT2D eigenvalue weighted by Crippen LogP contribution is 2.26. The molecule has 128 valence electrons. The van der Waals surface area contributed by atoms with Crippen LogP contribution in [-0.4, -0.2) is 35.9 Å². The molecule has 0 atom stereocenters. The molecule has 1 amide bonds. The molecule has 1 heterocycles. The Morgan fingerprint density at radius 1 is 1.25 bits per heavy atom. The number of aromatic nitrogens is 2. The predicted molar refractivity (Wildman–Crippen MR) is 89.0 cm³/mol. The number of ether oxygens (including phenoxy) is 1. The van der Waals surface area contributed by atoms with E-state index in [1.54, 1.807) is 23.9 Å². The molecule has 0 radical (unpaired) electrons. The minimum absolute atomic E-state index is 0.175. The van der Waals surface area contributed by atoms with Crippen molar-refractivity contribution in [2.24, 2.45) is 0 Å². The number of benzene rings is 1. The smallest absolute Gasteiger partial charge is 0.272 e. The quantitative estimate of drug-likeness (QED) is 0.677. The molecule has 1 aliphatic rings. The van der Waals surface area contributed by atoms with Gasteiger partial charge in [0.15, 0.2) is 5.69 Å². The molecule has 1 aromatic carbocycles. The number of carbonyl (C=O) groups excluding carboxylic acids is 1. The van der Waals surface area contributed by atoms with Crippen LogP contribution < -0.4 is 5.32 Å². The average molecular weight is 331 g/mol. The first-order valence-corrected chi connectivity index (χ1v) is 8.34. The van der Waals surface area contributed by atoms with Gasteiger partial charge in [-0.1, -0.05) is 6.42 Å². The highest BCUT2D eigenvalue weighted by atomic mass is 19.1. The van der Waals surface area contributed by atoms with Crippen molar-refractivity contribution < 1.29 is 13.9 Å². The molecule has 2 aromatic rings. The molecule has 24 heavy (non-hydrogen) atoms. The van der Waals surface area contributed by atoms with E-state index < -0.39 is 0 Å². The lowest BCUT2D eigenvalue weighted by Gasteiger charge is -2.07. The van der Waals surface area contributed by atoms with Crippen LogP contribution in [0.4, 0.5) is 4.39 Å². The molecule has 1 aliphatic carbocycles. The summed E-state index contributed by atoms with van der Waals surface area (Å²) in [5.41, 5.74) is 3.35. The van der Waals surface area contributed by atoms with Crippen molar-refractivity contribution in [2.75, 3.05) is 20.3 Å². The number of rotatable bonds is 5. The van der Waals surface area contributed by atoms with Crippen molar-refractivity contribution in [1.29, 1.82) is 0 Å². The Morgan fingerprint density at radius 2 is 2.00 bits per heavy atom. The fourth-order valence-corrected chi connectivity index (χ4v) is 3.10. The van der Waals surface area contributed by atoms with Gasteiger partial charge >= 0.3 is 0 Å².